The summed E-state index contributed by atoms with van der Waals surface area (Å²) in [4.78, 5) is 14.5. The van der Waals surface area contributed by atoms with Crippen LogP contribution in [0, 0.1) is 12.8 Å². The number of hydrogen-bond acceptors (Lipinski definition) is 4. The molecule has 0 N–H and O–H groups in total. The maximum absolute atomic E-state index is 12.6. The average molecular weight is 331 g/mol. The van der Waals surface area contributed by atoms with E-state index in [0.29, 0.717) is 13.1 Å². The Morgan fingerprint density at radius 2 is 2.00 bits per heavy atom. The summed E-state index contributed by atoms with van der Waals surface area (Å²) in [6, 6.07) is 8.13. The average Bonchev–Trinajstić information content (AvgIpc) is 2.70. The second-order valence-corrected chi connectivity index (χ2v) is 7.86. The van der Waals surface area contributed by atoms with Crippen LogP contribution in [0.15, 0.2) is 29.2 Å². The van der Waals surface area contributed by atoms with E-state index in [2.05, 4.69) is 0 Å². The van der Waals surface area contributed by atoms with Gasteiger partial charge >= 0.3 is 10.2 Å². The van der Waals surface area contributed by atoms with Crippen LogP contribution in [0.2, 0.25) is 0 Å². The summed E-state index contributed by atoms with van der Waals surface area (Å²) in [5.74, 6) is -0.324. The number of nitrogens with zero attached hydrogens (tertiary/aromatic N) is 1. The molecular weight excluding hydrogens is 313 g/mol. The van der Waals surface area contributed by atoms with Gasteiger partial charge in [0.2, 0.25) is 5.91 Å². The van der Waals surface area contributed by atoms with Crippen molar-refractivity contribution in [2.75, 3.05) is 24.6 Å². The number of hydrogen-bond donors (Lipinski definition) is 0. The minimum atomic E-state index is -4.51. The van der Waals surface area contributed by atoms with Crippen LogP contribution in [0.3, 0.4) is 0 Å². The molecule has 0 spiro atoms. The van der Waals surface area contributed by atoms with Gasteiger partial charge in [-0.1, -0.05) is 17.7 Å². The molecule has 116 valence electrons. The quantitative estimate of drug-likeness (QED) is 0.592. The van der Waals surface area contributed by atoms with Crippen LogP contribution in [0.5, 0.6) is 0 Å². The van der Waals surface area contributed by atoms with E-state index in [1.807, 2.05) is 31.2 Å². The summed E-state index contributed by atoms with van der Waals surface area (Å²) in [6.07, 6.45) is 0.123. The van der Waals surface area contributed by atoms with Gasteiger partial charge in [-0.25, -0.2) is 0 Å². The number of rotatable bonds is 6. The second kappa shape index (κ2) is 6.79. The molecule has 2 rings (SSSR count). The fourth-order valence-electron chi connectivity index (χ4n) is 2.37. The third kappa shape index (κ3) is 5.32. The van der Waals surface area contributed by atoms with Crippen LogP contribution in [0.1, 0.15) is 12.0 Å². The minimum Gasteiger partial charge on any atom is -0.342 e. The lowest BCUT2D eigenvalue weighted by atomic mass is 10.1. The number of thioether (sulfide) groups is 1. The number of benzene rings is 1. The Bertz CT molecular complexity index is 601. The SMILES string of the molecule is Cc1ccc(SCCN2CC(CS(=O)(=O)F)CC2=O)cc1. The molecule has 0 aliphatic carbocycles. The van der Waals surface area contributed by atoms with Crippen molar-refractivity contribution in [3.05, 3.63) is 29.8 Å². The molecule has 1 amide bonds. The molecule has 1 aliphatic heterocycles. The molecular formula is C14H18FNO3S2. The fourth-order valence-corrected chi connectivity index (χ4v) is 4.03. The standard InChI is InChI=1S/C14H18FNO3S2/c1-11-2-4-13(5-3-11)20-7-6-16-9-12(8-14(16)17)10-21(15,18)19/h2-5,12H,6-10H2,1H3. The Morgan fingerprint density at radius 3 is 2.62 bits per heavy atom. The van der Waals surface area contributed by atoms with Crippen LogP contribution in [-0.2, 0) is 15.0 Å². The largest absolute Gasteiger partial charge is 0.342 e. The Kier molecular flexibility index (Phi) is 5.27. The highest BCUT2D eigenvalue weighted by molar-refractivity contribution is 7.99. The van der Waals surface area contributed by atoms with Crippen molar-refractivity contribution in [1.82, 2.24) is 4.90 Å². The van der Waals surface area contributed by atoms with Gasteiger partial charge < -0.3 is 4.90 Å². The third-order valence-corrected chi connectivity index (χ3v) is 5.24. The third-order valence-electron chi connectivity index (χ3n) is 3.38. The van der Waals surface area contributed by atoms with E-state index >= 15 is 0 Å². The second-order valence-electron chi connectivity index (χ2n) is 5.28. The lowest BCUT2D eigenvalue weighted by Gasteiger charge is -2.16. The number of carbonyl (C=O) groups excluding carboxylic acids is 1. The zero-order chi connectivity index (χ0) is 15.5. The van der Waals surface area contributed by atoms with Crippen molar-refractivity contribution in [2.24, 2.45) is 5.92 Å². The van der Waals surface area contributed by atoms with Gasteiger partial charge in [-0.2, -0.15) is 8.42 Å². The van der Waals surface area contributed by atoms with Gasteiger partial charge in [-0.3, -0.25) is 4.79 Å². The lowest BCUT2D eigenvalue weighted by molar-refractivity contribution is -0.127. The van der Waals surface area contributed by atoms with E-state index < -0.39 is 21.9 Å². The van der Waals surface area contributed by atoms with Crippen molar-refractivity contribution in [3.63, 3.8) is 0 Å². The zero-order valence-corrected chi connectivity index (χ0v) is 13.4. The fraction of sp³-hybridized carbons (Fsp3) is 0.500. The minimum absolute atomic E-state index is 0.0897. The molecule has 1 fully saturated rings. The van der Waals surface area contributed by atoms with Crippen LogP contribution in [0.4, 0.5) is 3.89 Å². The van der Waals surface area contributed by atoms with E-state index in [0.717, 1.165) is 10.6 Å². The molecule has 1 heterocycles. The molecule has 1 unspecified atom stereocenters. The predicted octanol–water partition coefficient (Wildman–Crippen LogP) is 2.23. The first-order chi connectivity index (χ1) is 9.83. The summed E-state index contributed by atoms with van der Waals surface area (Å²) >= 11 is 1.65. The van der Waals surface area contributed by atoms with Gasteiger partial charge in [-0.15, -0.1) is 15.6 Å². The van der Waals surface area contributed by atoms with Crippen LogP contribution in [-0.4, -0.2) is 43.8 Å². The highest BCUT2D eigenvalue weighted by atomic mass is 32.3. The van der Waals surface area contributed by atoms with E-state index in [-0.39, 0.29) is 12.3 Å². The smallest absolute Gasteiger partial charge is 0.302 e. The van der Waals surface area contributed by atoms with Crippen LogP contribution >= 0.6 is 11.8 Å². The Hall–Kier alpha value is -1.08. The van der Waals surface area contributed by atoms with Crippen molar-refractivity contribution in [1.29, 1.82) is 0 Å². The number of halogens is 1. The van der Waals surface area contributed by atoms with E-state index in [1.54, 1.807) is 16.7 Å². The molecule has 1 atom stereocenters. The normalized spacial score (nSPS) is 19.2. The molecule has 1 saturated heterocycles. The van der Waals surface area contributed by atoms with Gasteiger partial charge in [0.05, 0.1) is 5.75 Å². The molecule has 0 radical (unpaired) electrons. The lowest BCUT2D eigenvalue weighted by Crippen LogP contribution is -2.28. The maximum Gasteiger partial charge on any atom is 0.302 e. The molecule has 1 aromatic rings. The van der Waals surface area contributed by atoms with E-state index in [1.165, 1.54) is 5.56 Å². The molecule has 0 saturated carbocycles. The molecule has 1 aromatic carbocycles. The van der Waals surface area contributed by atoms with Crippen molar-refractivity contribution in [3.8, 4) is 0 Å². The summed E-state index contributed by atoms with van der Waals surface area (Å²) in [6.45, 7) is 2.91. The summed E-state index contributed by atoms with van der Waals surface area (Å²) < 4.78 is 33.9. The molecule has 7 heteroatoms. The van der Waals surface area contributed by atoms with Crippen molar-refractivity contribution < 1.29 is 17.1 Å². The molecule has 1 aliphatic rings. The highest BCUT2D eigenvalue weighted by Gasteiger charge is 2.32. The van der Waals surface area contributed by atoms with Crippen LogP contribution < -0.4 is 0 Å². The molecule has 21 heavy (non-hydrogen) atoms. The van der Waals surface area contributed by atoms with Gasteiger partial charge in [0.15, 0.2) is 0 Å². The van der Waals surface area contributed by atoms with Crippen molar-refractivity contribution in [2.45, 2.75) is 18.2 Å². The summed E-state index contributed by atoms with van der Waals surface area (Å²) in [5, 5.41) is 0. The first-order valence-electron chi connectivity index (χ1n) is 6.73. The Labute approximate surface area is 128 Å². The molecule has 0 bridgehead atoms. The van der Waals surface area contributed by atoms with E-state index in [9.17, 15) is 17.1 Å². The number of likely N-dealkylation sites (tertiary alicyclic amines) is 1. The summed E-state index contributed by atoms with van der Waals surface area (Å²) in [7, 11) is -4.51. The predicted molar refractivity (Wildman–Crippen MR) is 81.5 cm³/mol. The first-order valence-corrected chi connectivity index (χ1v) is 9.27. The summed E-state index contributed by atoms with van der Waals surface area (Å²) in [5.41, 5.74) is 1.20. The number of amides is 1. The van der Waals surface area contributed by atoms with Gasteiger partial charge in [0, 0.05) is 36.1 Å². The monoisotopic (exact) mass is 331 g/mol. The highest BCUT2D eigenvalue weighted by Crippen LogP contribution is 2.22. The zero-order valence-electron chi connectivity index (χ0n) is 11.8. The molecule has 0 aromatic heterocycles. The van der Waals surface area contributed by atoms with Gasteiger partial charge in [0.1, 0.15) is 0 Å². The Balaban J connectivity index is 1.78. The number of carbonyl (C=O) groups is 1. The number of aryl methyl sites for hydroxylation is 1. The van der Waals surface area contributed by atoms with Gasteiger partial charge in [-0.05, 0) is 19.1 Å². The van der Waals surface area contributed by atoms with Crippen LogP contribution in [0.25, 0.3) is 0 Å². The van der Waals surface area contributed by atoms with Crippen molar-refractivity contribution >= 4 is 27.9 Å². The first kappa shape index (κ1) is 16.3. The maximum atomic E-state index is 12.6. The molecule has 4 nitrogen and oxygen atoms in total. The van der Waals surface area contributed by atoms with E-state index in [4.69, 9.17) is 0 Å². The Morgan fingerprint density at radius 1 is 1.33 bits per heavy atom. The topological polar surface area (TPSA) is 54.5 Å². The van der Waals surface area contributed by atoms with Gasteiger partial charge in [0.25, 0.3) is 0 Å².